The number of carbonyl (C=O) groups is 1. The van der Waals surface area contributed by atoms with E-state index in [1.54, 1.807) is 7.11 Å². The van der Waals surface area contributed by atoms with Gasteiger partial charge in [0.25, 0.3) is 5.91 Å². The number of likely N-dealkylation sites (N-methyl/N-ethyl adjacent to an activating group) is 2. The van der Waals surface area contributed by atoms with Crippen molar-refractivity contribution in [2.45, 2.75) is 18.6 Å². The Morgan fingerprint density at radius 1 is 1.28 bits per heavy atom. The number of rotatable bonds is 5. The van der Waals surface area contributed by atoms with Gasteiger partial charge in [0.1, 0.15) is 0 Å². The normalized spacial score (nSPS) is 24.5. The molecular formula is C19H29N3O3. The zero-order chi connectivity index (χ0) is 17.8. The summed E-state index contributed by atoms with van der Waals surface area (Å²) in [6.45, 7) is 4.99. The molecule has 3 rings (SSSR count). The van der Waals surface area contributed by atoms with E-state index in [2.05, 4.69) is 16.8 Å². The molecule has 2 saturated heterocycles. The molecule has 1 aromatic carbocycles. The van der Waals surface area contributed by atoms with Crippen molar-refractivity contribution in [2.75, 3.05) is 65.5 Å². The van der Waals surface area contributed by atoms with Gasteiger partial charge in [0, 0.05) is 57.6 Å². The van der Waals surface area contributed by atoms with Crippen molar-refractivity contribution in [1.29, 1.82) is 0 Å². The Balaban J connectivity index is 1.58. The number of morpholine rings is 1. The summed E-state index contributed by atoms with van der Waals surface area (Å²) in [7, 11) is 5.73. The first-order valence-electron chi connectivity index (χ1n) is 8.99. The van der Waals surface area contributed by atoms with Gasteiger partial charge in [-0.25, -0.2) is 0 Å². The van der Waals surface area contributed by atoms with Gasteiger partial charge >= 0.3 is 0 Å². The second-order valence-electron chi connectivity index (χ2n) is 7.02. The molecule has 2 atom stereocenters. The number of anilines is 1. The van der Waals surface area contributed by atoms with Gasteiger partial charge < -0.3 is 19.3 Å². The minimum atomic E-state index is 0.0720. The zero-order valence-corrected chi connectivity index (χ0v) is 15.5. The van der Waals surface area contributed by atoms with Crippen molar-refractivity contribution in [3.63, 3.8) is 0 Å². The highest BCUT2D eigenvalue weighted by atomic mass is 16.5. The Labute approximate surface area is 150 Å². The minimum absolute atomic E-state index is 0.0720. The van der Waals surface area contributed by atoms with Gasteiger partial charge in [0.05, 0.1) is 19.3 Å². The number of benzene rings is 1. The molecule has 2 aliphatic rings. The number of hydrogen-bond donors (Lipinski definition) is 0. The second kappa shape index (κ2) is 8.17. The highest BCUT2D eigenvalue weighted by Crippen LogP contribution is 2.20. The summed E-state index contributed by atoms with van der Waals surface area (Å²) in [6.07, 6.45) is 1.24. The van der Waals surface area contributed by atoms with E-state index in [-0.39, 0.29) is 12.0 Å². The van der Waals surface area contributed by atoms with Crippen LogP contribution in [0.4, 0.5) is 5.69 Å². The van der Waals surface area contributed by atoms with Crippen molar-refractivity contribution in [2.24, 2.45) is 0 Å². The van der Waals surface area contributed by atoms with E-state index in [1.165, 1.54) is 0 Å². The van der Waals surface area contributed by atoms with E-state index in [9.17, 15) is 4.79 Å². The van der Waals surface area contributed by atoms with Gasteiger partial charge in [-0.1, -0.05) is 0 Å². The standard InChI is InChI=1S/C19H29N3O3/c1-20-14-18(24-3)12-17(20)13-21(2)19(23)15-4-6-16(7-5-15)22-8-10-25-11-9-22/h4-7,17-18H,8-14H2,1-3H3/t17-,18-/m0/s1. The molecule has 2 heterocycles. The fourth-order valence-corrected chi connectivity index (χ4v) is 3.67. The lowest BCUT2D eigenvalue weighted by Crippen LogP contribution is -2.39. The number of amides is 1. The molecule has 138 valence electrons. The Morgan fingerprint density at radius 3 is 2.56 bits per heavy atom. The molecule has 0 bridgehead atoms. The summed E-state index contributed by atoms with van der Waals surface area (Å²) in [5.74, 6) is 0.0720. The SMILES string of the molecule is CO[C@H]1C[C@@H](CN(C)C(=O)c2ccc(N3CCOCC3)cc2)N(C)C1. The summed E-state index contributed by atoms with van der Waals surface area (Å²) in [5.41, 5.74) is 1.89. The van der Waals surface area contributed by atoms with Crippen LogP contribution in [-0.2, 0) is 9.47 Å². The van der Waals surface area contributed by atoms with Crippen LogP contribution >= 0.6 is 0 Å². The fourth-order valence-electron chi connectivity index (χ4n) is 3.67. The Kier molecular flexibility index (Phi) is 5.93. The van der Waals surface area contributed by atoms with Crippen LogP contribution in [0.3, 0.4) is 0 Å². The topological polar surface area (TPSA) is 45.3 Å². The van der Waals surface area contributed by atoms with E-state index < -0.39 is 0 Å². The van der Waals surface area contributed by atoms with Crippen molar-refractivity contribution < 1.29 is 14.3 Å². The van der Waals surface area contributed by atoms with E-state index in [0.717, 1.165) is 57.1 Å². The van der Waals surface area contributed by atoms with Crippen molar-refractivity contribution in [3.8, 4) is 0 Å². The number of nitrogens with zero attached hydrogens (tertiary/aromatic N) is 3. The molecule has 25 heavy (non-hydrogen) atoms. The molecule has 6 nitrogen and oxygen atoms in total. The first kappa shape index (κ1) is 18.2. The third-order valence-corrected chi connectivity index (χ3v) is 5.31. The number of ether oxygens (including phenoxy) is 2. The van der Waals surface area contributed by atoms with E-state index in [4.69, 9.17) is 9.47 Å². The molecule has 1 amide bonds. The predicted molar refractivity (Wildman–Crippen MR) is 98.3 cm³/mol. The van der Waals surface area contributed by atoms with Crippen LogP contribution in [0, 0.1) is 0 Å². The molecule has 0 aromatic heterocycles. The second-order valence-corrected chi connectivity index (χ2v) is 7.02. The van der Waals surface area contributed by atoms with Gasteiger partial charge in [-0.05, 0) is 37.7 Å². The molecule has 2 fully saturated rings. The number of methoxy groups -OCH3 is 1. The molecule has 0 radical (unpaired) electrons. The van der Waals surface area contributed by atoms with Crippen molar-refractivity contribution >= 4 is 11.6 Å². The maximum atomic E-state index is 12.7. The Hall–Kier alpha value is -1.63. The molecular weight excluding hydrogens is 318 g/mol. The van der Waals surface area contributed by atoms with Crippen molar-refractivity contribution in [3.05, 3.63) is 29.8 Å². The average Bonchev–Trinajstić information content (AvgIpc) is 3.01. The molecule has 0 aliphatic carbocycles. The van der Waals surface area contributed by atoms with E-state index >= 15 is 0 Å². The zero-order valence-electron chi connectivity index (χ0n) is 15.5. The summed E-state index contributed by atoms with van der Waals surface area (Å²) in [4.78, 5) is 19.1. The average molecular weight is 347 g/mol. The quantitative estimate of drug-likeness (QED) is 0.804. The maximum absolute atomic E-state index is 12.7. The Morgan fingerprint density at radius 2 is 1.96 bits per heavy atom. The van der Waals surface area contributed by atoms with Crippen molar-refractivity contribution in [1.82, 2.24) is 9.80 Å². The number of carbonyl (C=O) groups excluding carboxylic acids is 1. The van der Waals surface area contributed by atoms with Crippen LogP contribution < -0.4 is 4.90 Å². The number of hydrogen-bond acceptors (Lipinski definition) is 5. The summed E-state index contributed by atoms with van der Waals surface area (Å²) in [5, 5.41) is 0. The van der Waals surface area contributed by atoms with Crippen LogP contribution in [-0.4, -0.2) is 88.5 Å². The first-order valence-corrected chi connectivity index (χ1v) is 8.99. The molecule has 0 N–H and O–H groups in total. The smallest absolute Gasteiger partial charge is 0.253 e. The molecule has 0 saturated carbocycles. The highest BCUT2D eigenvalue weighted by molar-refractivity contribution is 5.94. The largest absolute Gasteiger partial charge is 0.380 e. The lowest BCUT2D eigenvalue weighted by atomic mass is 10.1. The van der Waals surface area contributed by atoms with Crippen LogP contribution in [0.25, 0.3) is 0 Å². The van der Waals surface area contributed by atoms with Gasteiger partial charge in [-0.2, -0.15) is 0 Å². The van der Waals surface area contributed by atoms with Crippen LogP contribution in [0.15, 0.2) is 24.3 Å². The predicted octanol–water partition coefficient (Wildman–Crippen LogP) is 1.31. The van der Waals surface area contributed by atoms with Gasteiger partial charge in [-0.15, -0.1) is 0 Å². The van der Waals surface area contributed by atoms with E-state index in [1.807, 2.05) is 36.2 Å². The van der Waals surface area contributed by atoms with Crippen LogP contribution in [0.2, 0.25) is 0 Å². The third-order valence-electron chi connectivity index (χ3n) is 5.31. The molecule has 0 spiro atoms. The number of likely N-dealkylation sites (tertiary alicyclic amines) is 1. The molecule has 6 heteroatoms. The minimum Gasteiger partial charge on any atom is -0.380 e. The maximum Gasteiger partial charge on any atom is 0.253 e. The monoisotopic (exact) mass is 347 g/mol. The molecule has 1 aromatic rings. The summed E-state index contributed by atoms with van der Waals surface area (Å²) < 4.78 is 10.8. The summed E-state index contributed by atoms with van der Waals surface area (Å²) >= 11 is 0. The molecule has 0 unspecified atom stereocenters. The van der Waals surface area contributed by atoms with E-state index in [0.29, 0.717) is 6.04 Å². The van der Waals surface area contributed by atoms with Gasteiger partial charge in [0.15, 0.2) is 0 Å². The Bertz CT molecular complexity index is 572. The van der Waals surface area contributed by atoms with Gasteiger partial charge in [-0.3, -0.25) is 9.69 Å². The fraction of sp³-hybridized carbons (Fsp3) is 0.632. The molecule has 2 aliphatic heterocycles. The van der Waals surface area contributed by atoms with Gasteiger partial charge in [0.2, 0.25) is 0 Å². The summed E-state index contributed by atoms with van der Waals surface area (Å²) in [6, 6.07) is 8.29. The highest BCUT2D eigenvalue weighted by Gasteiger charge is 2.31. The lowest BCUT2D eigenvalue weighted by Gasteiger charge is -2.29. The third kappa shape index (κ3) is 4.32. The lowest BCUT2D eigenvalue weighted by molar-refractivity contribution is 0.0760. The van der Waals surface area contributed by atoms with Crippen LogP contribution in [0.1, 0.15) is 16.8 Å². The first-order chi connectivity index (χ1) is 12.1. The van der Waals surface area contributed by atoms with Crippen LogP contribution in [0.5, 0.6) is 0 Å².